The third-order valence-corrected chi connectivity index (χ3v) is 5.63. The predicted octanol–water partition coefficient (Wildman–Crippen LogP) is 4.00. The number of methoxy groups -OCH3 is 2. The summed E-state index contributed by atoms with van der Waals surface area (Å²) in [4.78, 5) is 30.3. The van der Waals surface area contributed by atoms with Gasteiger partial charge in [0.1, 0.15) is 11.5 Å². The van der Waals surface area contributed by atoms with Gasteiger partial charge in [-0.25, -0.2) is 9.29 Å². The quantitative estimate of drug-likeness (QED) is 0.536. The van der Waals surface area contributed by atoms with E-state index in [2.05, 4.69) is 20.8 Å². The van der Waals surface area contributed by atoms with Crippen LogP contribution in [0.1, 0.15) is 31.9 Å². The van der Waals surface area contributed by atoms with Crippen molar-refractivity contribution in [1.29, 1.82) is 0 Å². The second-order valence-electron chi connectivity index (χ2n) is 8.95. The molecular weight excluding hydrogens is 423 g/mol. The standard InChI is InChI=1S/C26H31FN2O4/c1-26(2,3)19-8-12-21(13-9-19)29-24(30)22(18-6-10-20(27)11-7-18)23(25(29)31)28(14-16-32-4)15-17-33-5/h6-13H,14-17H2,1-5H3. The first kappa shape index (κ1) is 24.6. The topological polar surface area (TPSA) is 59.1 Å². The number of anilines is 1. The highest BCUT2D eigenvalue weighted by molar-refractivity contribution is 6.45. The van der Waals surface area contributed by atoms with Crippen molar-refractivity contribution in [2.75, 3.05) is 45.4 Å². The van der Waals surface area contributed by atoms with E-state index in [0.29, 0.717) is 37.6 Å². The zero-order chi connectivity index (χ0) is 24.2. The number of hydrogen-bond donors (Lipinski definition) is 0. The van der Waals surface area contributed by atoms with Crippen molar-refractivity contribution >= 4 is 23.1 Å². The van der Waals surface area contributed by atoms with Gasteiger partial charge in [-0.3, -0.25) is 9.59 Å². The van der Waals surface area contributed by atoms with Crippen molar-refractivity contribution in [3.05, 3.63) is 71.2 Å². The van der Waals surface area contributed by atoms with Gasteiger partial charge >= 0.3 is 0 Å². The van der Waals surface area contributed by atoms with Gasteiger partial charge < -0.3 is 14.4 Å². The Kier molecular flexibility index (Phi) is 7.66. The van der Waals surface area contributed by atoms with Crippen molar-refractivity contribution in [3.8, 4) is 0 Å². The molecule has 1 aliphatic heterocycles. The highest BCUT2D eigenvalue weighted by atomic mass is 19.1. The van der Waals surface area contributed by atoms with Crippen LogP contribution in [0.15, 0.2) is 54.2 Å². The van der Waals surface area contributed by atoms with Gasteiger partial charge in [0.2, 0.25) is 0 Å². The van der Waals surface area contributed by atoms with E-state index in [-0.39, 0.29) is 16.7 Å². The van der Waals surface area contributed by atoms with Gasteiger partial charge in [0.05, 0.1) is 24.5 Å². The van der Waals surface area contributed by atoms with Crippen molar-refractivity contribution < 1.29 is 23.5 Å². The maximum absolute atomic E-state index is 13.7. The third-order valence-electron chi connectivity index (χ3n) is 5.63. The summed E-state index contributed by atoms with van der Waals surface area (Å²) < 4.78 is 24.0. The fraction of sp³-hybridized carbons (Fsp3) is 0.385. The van der Waals surface area contributed by atoms with Gasteiger partial charge in [-0.15, -0.1) is 0 Å². The fourth-order valence-electron chi connectivity index (χ4n) is 3.77. The van der Waals surface area contributed by atoms with Gasteiger partial charge in [-0.05, 0) is 40.8 Å². The Hall–Kier alpha value is -3.03. The molecule has 3 rings (SSSR count). The number of nitrogens with zero attached hydrogens (tertiary/aromatic N) is 2. The summed E-state index contributed by atoms with van der Waals surface area (Å²) in [5.74, 6) is -1.28. The maximum atomic E-state index is 13.7. The molecule has 0 saturated carbocycles. The summed E-state index contributed by atoms with van der Waals surface area (Å²) in [6, 6.07) is 13.0. The van der Waals surface area contributed by atoms with E-state index in [0.717, 1.165) is 5.56 Å². The molecule has 0 aliphatic carbocycles. The lowest BCUT2D eigenvalue weighted by Gasteiger charge is -2.26. The molecule has 1 aliphatic rings. The third kappa shape index (κ3) is 5.31. The maximum Gasteiger partial charge on any atom is 0.282 e. The monoisotopic (exact) mass is 454 g/mol. The molecule has 0 atom stereocenters. The van der Waals surface area contributed by atoms with Crippen molar-refractivity contribution in [3.63, 3.8) is 0 Å². The van der Waals surface area contributed by atoms with E-state index in [4.69, 9.17) is 9.47 Å². The Morgan fingerprint density at radius 2 is 1.39 bits per heavy atom. The first-order valence-electron chi connectivity index (χ1n) is 10.9. The van der Waals surface area contributed by atoms with E-state index >= 15 is 0 Å². The molecule has 0 saturated heterocycles. The van der Waals surface area contributed by atoms with Gasteiger partial charge in [-0.1, -0.05) is 45.0 Å². The Morgan fingerprint density at radius 3 is 1.88 bits per heavy atom. The number of carbonyl (C=O) groups is 2. The molecule has 0 radical (unpaired) electrons. The number of benzene rings is 2. The summed E-state index contributed by atoms with van der Waals surface area (Å²) in [7, 11) is 3.16. The van der Waals surface area contributed by atoms with Crippen molar-refractivity contribution in [2.45, 2.75) is 26.2 Å². The van der Waals surface area contributed by atoms with Gasteiger partial charge in [0.15, 0.2) is 0 Å². The number of ether oxygens (including phenoxy) is 2. The largest absolute Gasteiger partial charge is 0.383 e. The van der Waals surface area contributed by atoms with Crippen molar-refractivity contribution in [2.24, 2.45) is 0 Å². The van der Waals surface area contributed by atoms with Crippen LogP contribution in [0.3, 0.4) is 0 Å². The summed E-state index contributed by atoms with van der Waals surface area (Å²) in [6.45, 7) is 7.83. The molecule has 0 fully saturated rings. The Labute approximate surface area is 194 Å². The lowest BCUT2D eigenvalue weighted by atomic mass is 9.87. The molecule has 2 amide bonds. The second kappa shape index (κ2) is 10.3. The summed E-state index contributed by atoms with van der Waals surface area (Å²) in [5, 5.41) is 0. The predicted molar refractivity (Wildman–Crippen MR) is 126 cm³/mol. The lowest BCUT2D eigenvalue weighted by molar-refractivity contribution is -0.120. The highest BCUT2D eigenvalue weighted by Crippen LogP contribution is 2.35. The zero-order valence-corrected chi connectivity index (χ0v) is 19.9. The van der Waals surface area contributed by atoms with Crippen LogP contribution in [0, 0.1) is 5.82 Å². The number of hydrogen-bond acceptors (Lipinski definition) is 5. The molecule has 1 heterocycles. The molecule has 0 unspecified atom stereocenters. The van der Waals surface area contributed by atoms with Crippen LogP contribution in [0.2, 0.25) is 0 Å². The molecule has 2 aromatic rings. The van der Waals surface area contributed by atoms with Crippen molar-refractivity contribution in [1.82, 2.24) is 4.90 Å². The molecule has 33 heavy (non-hydrogen) atoms. The van der Waals surface area contributed by atoms with Crippen LogP contribution in [0.5, 0.6) is 0 Å². The van der Waals surface area contributed by atoms with Crippen LogP contribution >= 0.6 is 0 Å². The molecule has 0 spiro atoms. The van der Waals surface area contributed by atoms with Crippen LogP contribution < -0.4 is 4.90 Å². The Bertz CT molecular complexity index is 1020. The van der Waals surface area contributed by atoms with Gasteiger partial charge in [-0.2, -0.15) is 0 Å². The van der Waals surface area contributed by atoms with Gasteiger partial charge in [0, 0.05) is 27.3 Å². The minimum absolute atomic E-state index is 0.0582. The Balaban J connectivity index is 2.09. The van der Waals surface area contributed by atoms with E-state index in [1.54, 1.807) is 31.3 Å². The molecule has 6 nitrogen and oxygen atoms in total. The number of imide groups is 1. The number of rotatable bonds is 9. The number of amides is 2. The van der Waals surface area contributed by atoms with Crippen LogP contribution in [0.4, 0.5) is 10.1 Å². The number of carbonyl (C=O) groups excluding carboxylic acids is 2. The van der Waals surface area contributed by atoms with Gasteiger partial charge in [0.25, 0.3) is 11.8 Å². The van der Waals surface area contributed by atoms with Crippen LogP contribution in [-0.2, 0) is 24.5 Å². The summed E-state index contributed by atoms with van der Waals surface area (Å²) in [6.07, 6.45) is 0. The van der Waals surface area contributed by atoms with Crippen LogP contribution in [0.25, 0.3) is 5.57 Å². The average molecular weight is 455 g/mol. The number of halogens is 1. The first-order valence-corrected chi connectivity index (χ1v) is 10.9. The smallest absolute Gasteiger partial charge is 0.282 e. The minimum atomic E-state index is -0.440. The average Bonchev–Trinajstić information content (AvgIpc) is 3.04. The minimum Gasteiger partial charge on any atom is -0.383 e. The molecule has 0 aromatic heterocycles. The SMILES string of the molecule is COCCN(CCOC)C1=C(c2ccc(F)cc2)C(=O)N(c2ccc(C(C)(C)C)cc2)C1=O. The Morgan fingerprint density at radius 1 is 0.848 bits per heavy atom. The second-order valence-corrected chi connectivity index (χ2v) is 8.95. The summed E-state index contributed by atoms with van der Waals surface area (Å²) >= 11 is 0. The van der Waals surface area contributed by atoms with E-state index in [9.17, 15) is 14.0 Å². The molecule has 176 valence electrons. The lowest BCUT2D eigenvalue weighted by Crippen LogP contribution is -2.37. The summed E-state index contributed by atoms with van der Waals surface area (Å²) in [5.41, 5.74) is 2.52. The normalized spacial score (nSPS) is 14.4. The highest BCUT2D eigenvalue weighted by Gasteiger charge is 2.42. The molecule has 7 heteroatoms. The molecule has 2 aromatic carbocycles. The van der Waals surface area contributed by atoms with E-state index in [1.165, 1.54) is 29.2 Å². The zero-order valence-electron chi connectivity index (χ0n) is 19.9. The molecular formula is C26H31FN2O4. The van der Waals surface area contributed by atoms with E-state index in [1.807, 2.05) is 12.1 Å². The first-order chi connectivity index (χ1) is 15.7. The fourth-order valence-corrected chi connectivity index (χ4v) is 3.77. The van der Waals surface area contributed by atoms with E-state index < -0.39 is 17.6 Å². The molecule has 0 bridgehead atoms. The molecule has 0 N–H and O–H groups in total. The van der Waals surface area contributed by atoms with Crippen LogP contribution in [-0.4, -0.2) is 57.2 Å².